The number of nitrogens with zero attached hydrogens (tertiary/aromatic N) is 1. The minimum Gasteiger partial charge on any atom is -0.384 e. The van der Waals surface area contributed by atoms with Gasteiger partial charge in [-0.3, -0.25) is 4.90 Å². The molecule has 0 saturated carbocycles. The monoisotopic (exact) mass is 234 g/mol. The molecule has 17 heavy (non-hydrogen) atoms. The molecule has 1 aromatic carbocycles. The van der Waals surface area contributed by atoms with Gasteiger partial charge in [-0.25, -0.2) is 0 Å². The number of anilines is 1. The SMILES string of the molecule is Cc1ccccc1NCCN1CCCOCC1. The van der Waals surface area contributed by atoms with Crippen molar-refractivity contribution in [2.24, 2.45) is 0 Å². The highest BCUT2D eigenvalue weighted by Crippen LogP contribution is 2.12. The summed E-state index contributed by atoms with van der Waals surface area (Å²) in [5, 5.41) is 3.50. The Kier molecular flexibility index (Phi) is 4.83. The average Bonchev–Trinajstić information content (AvgIpc) is 2.60. The maximum atomic E-state index is 5.45. The van der Waals surface area contributed by atoms with Crippen LogP contribution in [-0.2, 0) is 4.74 Å². The van der Waals surface area contributed by atoms with Gasteiger partial charge in [-0.2, -0.15) is 0 Å². The second kappa shape index (κ2) is 6.62. The maximum Gasteiger partial charge on any atom is 0.0593 e. The fourth-order valence-electron chi connectivity index (χ4n) is 2.14. The number of hydrogen-bond acceptors (Lipinski definition) is 3. The van der Waals surface area contributed by atoms with Crippen LogP contribution in [0.4, 0.5) is 5.69 Å². The zero-order valence-electron chi connectivity index (χ0n) is 10.6. The summed E-state index contributed by atoms with van der Waals surface area (Å²) in [6.45, 7) is 8.27. The highest BCUT2D eigenvalue weighted by molar-refractivity contribution is 5.50. The summed E-state index contributed by atoms with van der Waals surface area (Å²) in [7, 11) is 0. The number of para-hydroxylation sites is 1. The Bertz CT molecular complexity index is 333. The van der Waals surface area contributed by atoms with Gasteiger partial charge in [0.2, 0.25) is 0 Å². The number of ether oxygens (including phenoxy) is 1. The second-order valence-electron chi connectivity index (χ2n) is 4.55. The van der Waals surface area contributed by atoms with Crippen LogP contribution in [0.2, 0.25) is 0 Å². The van der Waals surface area contributed by atoms with Crippen molar-refractivity contribution in [3.05, 3.63) is 29.8 Å². The van der Waals surface area contributed by atoms with E-state index in [0.29, 0.717) is 0 Å². The molecule has 2 rings (SSSR count). The average molecular weight is 234 g/mol. The van der Waals surface area contributed by atoms with Crippen molar-refractivity contribution in [1.82, 2.24) is 4.90 Å². The van der Waals surface area contributed by atoms with E-state index >= 15 is 0 Å². The van der Waals surface area contributed by atoms with E-state index in [9.17, 15) is 0 Å². The van der Waals surface area contributed by atoms with Crippen molar-refractivity contribution in [3.8, 4) is 0 Å². The van der Waals surface area contributed by atoms with E-state index in [1.165, 1.54) is 11.3 Å². The van der Waals surface area contributed by atoms with Gasteiger partial charge in [-0.15, -0.1) is 0 Å². The van der Waals surface area contributed by atoms with E-state index in [4.69, 9.17) is 4.74 Å². The van der Waals surface area contributed by atoms with Crippen LogP contribution in [-0.4, -0.2) is 44.3 Å². The van der Waals surface area contributed by atoms with Gasteiger partial charge >= 0.3 is 0 Å². The number of benzene rings is 1. The first-order chi connectivity index (χ1) is 8.36. The number of aryl methyl sites for hydroxylation is 1. The van der Waals surface area contributed by atoms with Crippen molar-refractivity contribution in [3.63, 3.8) is 0 Å². The Labute approximate surface area is 104 Å². The number of nitrogens with one attached hydrogen (secondary N) is 1. The minimum atomic E-state index is 0.879. The molecule has 1 heterocycles. The van der Waals surface area contributed by atoms with E-state index < -0.39 is 0 Å². The van der Waals surface area contributed by atoms with Gasteiger partial charge in [-0.1, -0.05) is 18.2 Å². The molecule has 0 amide bonds. The predicted molar refractivity (Wildman–Crippen MR) is 71.5 cm³/mol. The Hall–Kier alpha value is -1.06. The van der Waals surface area contributed by atoms with Gasteiger partial charge < -0.3 is 10.1 Å². The maximum absolute atomic E-state index is 5.45. The quantitative estimate of drug-likeness (QED) is 0.863. The Balaban J connectivity index is 1.73. The normalized spacial score (nSPS) is 17.7. The lowest BCUT2D eigenvalue weighted by molar-refractivity contribution is 0.142. The number of hydrogen-bond donors (Lipinski definition) is 1. The summed E-state index contributed by atoms with van der Waals surface area (Å²) in [5.41, 5.74) is 2.56. The summed E-state index contributed by atoms with van der Waals surface area (Å²) in [5.74, 6) is 0. The third-order valence-electron chi connectivity index (χ3n) is 3.20. The fraction of sp³-hybridized carbons (Fsp3) is 0.571. The molecule has 0 aromatic heterocycles. The molecule has 1 aromatic rings. The highest BCUT2D eigenvalue weighted by Gasteiger charge is 2.08. The molecule has 0 unspecified atom stereocenters. The lowest BCUT2D eigenvalue weighted by Crippen LogP contribution is -2.31. The van der Waals surface area contributed by atoms with Crippen molar-refractivity contribution >= 4 is 5.69 Å². The van der Waals surface area contributed by atoms with E-state index in [1.54, 1.807) is 0 Å². The van der Waals surface area contributed by atoms with Crippen molar-refractivity contribution in [1.29, 1.82) is 0 Å². The van der Waals surface area contributed by atoms with Crippen LogP contribution in [0.3, 0.4) is 0 Å². The predicted octanol–water partition coefficient (Wildman–Crippen LogP) is 2.13. The molecule has 1 aliphatic heterocycles. The van der Waals surface area contributed by atoms with Crippen molar-refractivity contribution in [2.75, 3.05) is 44.7 Å². The molecular weight excluding hydrogens is 212 g/mol. The van der Waals surface area contributed by atoms with Crippen LogP contribution < -0.4 is 5.32 Å². The smallest absolute Gasteiger partial charge is 0.0593 e. The fourth-order valence-corrected chi connectivity index (χ4v) is 2.14. The van der Waals surface area contributed by atoms with Crippen LogP contribution in [0, 0.1) is 6.92 Å². The van der Waals surface area contributed by atoms with Gasteiger partial charge in [0.1, 0.15) is 0 Å². The van der Waals surface area contributed by atoms with Crippen molar-refractivity contribution in [2.45, 2.75) is 13.3 Å². The van der Waals surface area contributed by atoms with Crippen LogP contribution in [0.5, 0.6) is 0 Å². The Morgan fingerprint density at radius 1 is 1.24 bits per heavy atom. The first-order valence-electron chi connectivity index (χ1n) is 6.46. The summed E-state index contributed by atoms with van der Waals surface area (Å²) in [6, 6.07) is 8.44. The molecule has 0 aliphatic carbocycles. The molecule has 0 radical (unpaired) electrons. The van der Waals surface area contributed by atoms with E-state index in [1.807, 2.05) is 0 Å². The topological polar surface area (TPSA) is 24.5 Å². The van der Waals surface area contributed by atoms with E-state index in [-0.39, 0.29) is 0 Å². The summed E-state index contributed by atoms with van der Waals surface area (Å²) >= 11 is 0. The lowest BCUT2D eigenvalue weighted by atomic mass is 10.2. The molecule has 1 saturated heterocycles. The van der Waals surface area contributed by atoms with Gasteiger partial charge in [0.05, 0.1) is 6.61 Å². The van der Waals surface area contributed by atoms with Crippen LogP contribution in [0.25, 0.3) is 0 Å². The molecule has 0 spiro atoms. The Morgan fingerprint density at radius 2 is 2.12 bits per heavy atom. The Morgan fingerprint density at radius 3 is 3.00 bits per heavy atom. The lowest BCUT2D eigenvalue weighted by Gasteiger charge is -2.19. The molecule has 1 N–H and O–H groups in total. The molecule has 0 bridgehead atoms. The molecule has 0 atom stereocenters. The van der Waals surface area contributed by atoms with E-state index in [0.717, 1.165) is 45.8 Å². The highest BCUT2D eigenvalue weighted by atomic mass is 16.5. The second-order valence-corrected chi connectivity index (χ2v) is 4.55. The van der Waals surface area contributed by atoms with Gasteiger partial charge in [0.25, 0.3) is 0 Å². The zero-order valence-corrected chi connectivity index (χ0v) is 10.6. The zero-order chi connectivity index (χ0) is 11.9. The van der Waals surface area contributed by atoms with Crippen molar-refractivity contribution < 1.29 is 4.74 Å². The van der Waals surface area contributed by atoms with Crippen LogP contribution in [0.15, 0.2) is 24.3 Å². The molecular formula is C14H22N2O. The number of rotatable bonds is 4. The summed E-state index contributed by atoms with van der Waals surface area (Å²) < 4.78 is 5.45. The third-order valence-corrected chi connectivity index (χ3v) is 3.20. The molecule has 1 aliphatic rings. The van der Waals surface area contributed by atoms with Gasteiger partial charge in [0.15, 0.2) is 0 Å². The first kappa shape index (κ1) is 12.4. The standard InChI is InChI=1S/C14H22N2O/c1-13-5-2-3-6-14(13)15-7-9-16-8-4-11-17-12-10-16/h2-3,5-6,15H,4,7-12H2,1H3. The molecule has 94 valence electrons. The molecule has 3 nitrogen and oxygen atoms in total. The van der Waals surface area contributed by atoms with Crippen LogP contribution >= 0.6 is 0 Å². The largest absolute Gasteiger partial charge is 0.384 e. The summed E-state index contributed by atoms with van der Waals surface area (Å²) in [6.07, 6.45) is 1.16. The van der Waals surface area contributed by atoms with Crippen LogP contribution in [0.1, 0.15) is 12.0 Å². The third kappa shape index (κ3) is 4.02. The first-order valence-corrected chi connectivity index (χ1v) is 6.46. The molecule has 3 heteroatoms. The van der Waals surface area contributed by atoms with Gasteiger partial charge in [0, 0.05) is 38.5 Å². The minimum absolute atomic E-state index is 0.879. The van der Waals surface area contributed by atoms with Gasteiger partial charge in [-0.05, 0) is 25.0 Å². The molecule has 1 fully saturated rings. The van der Waals surface area contributed by atoms with E-state index in [2.05, 4.69) is 41.4 Å². The summed E-state index contributed by atoms with van der Waals surface area (Å²) in [4.78, 5) is 2.47.